The average molecular weight is 326 g/mol. The van der Waals surface area contributed by atoms with Crippen LogP contribution in [0.3, 0.4) is 0 Å². The number of fused-ring (bicyclic) bond motifs is 1. The van der Waals surface area contributed by atoms with Gasteiger partial charge in [0.15, 0.2) is 5.16 Å². The number of hydrogen-bond acceptors (Lipinski definition) is 3. The van der Waals surface area contributed by atoms with E-state index in [1.54, 1.807) is 0 Å². The zero-order chi connectivity index (χ0) is 15.8. The van der Waals surface area contributed by atoms with Gasteiger partial charge in [0.2, 0.25) is 5.91 Å². The fourth-order valence-corrected chi connectivity index (χ4v) is 3.00. The number of imidazole rings is 1. The van der Waals surface area contributed by atoms with Gasteiger partial charge in [0.1, 0.15) is 0 Å². The Morgan fingerprint density at radius 2 is 2.10 bits per heavy atom. The van der Waals surface area contributed by atoms with Gasteiger partial charge in [-0.1, -0.05) is 23.4 Å². The first-order valence-corrected chi connectivity index (χ1v) is 8.04. The molecule has 6 heteroatoms. The number of carbonyl (C=O) groups excluding carboxylic acids is 1. The first-order chi connectivity index (χ1) is 9.67. The minimum atomic E-state index is -0.230. The molecule has 0 fully saturated rings. The van der Waals surface area contributed by atoms with Crippen molar-refractivity contribution in [2.24, 2.45) is 7.05 Å². The molecule has 1 heterocycles. The van der Waals surface area contributed by atoms with Crippen LogP contribution in [0, 0.1) is 0 Å². The molecule has 0 saturated heterocycles. The third-order valence-corrected chi connectivity index (χ3v) is 4.33. The van der Waals surface area contributed by atoms with Crippen molar-refractivity contribution in [3.63, 3.8) is 0 Å². The highest BCUT2D eigenvalue weighted by Crippen LogP contribution is 2.28. The SMILES string of the molecule is C[C@H](Sc1nc2cc(Cl)ccc2n1C)C(=O)NC(C)(C)C. The fraction of sp³-hybridized carbons (Fsp3) is 0.467. The van der Waals surface area contributed by atoms with E-state index in [0.717, 1.165) is 16.2 Å². The number of aryl methyl sites for hydroxylation is 1. The highest BCUT2D eigenvalue weighted by molar-refractivity contribution is 8.00. The molecule has 4 nitrogen and oxygen atoms in total. The molecule has 1 aromatic carbocycles. The number of carbonyl (C=O) groups is 1. The van der Waals surface area contributed by atoms with Crippen molar-refractivity contribution in [2.45, 2.75) is 43.6 Å². The molecular weight excluding hydrogens is 306 g/mol. The largest absolute Gasteiger partial charge is 0.351 e. The van der Waals surface area contributed by atoms with Crippen molar-refractivity contribution in [1.82, 2.24) is 14.9 Å². The van der Waals surface area contributed by atoms with Crippen LogP contribution in [0.1, 0.15) is 27.7 Å². The number of nitrogens with one attached hydrogen (secondary N) is 1. The molecule has 0 aliphatic heterocycles. The summed E-state index contributed by atoms with van der Waals surface area (Å²) < 4.78 is 1.98. The molecule has 1 amide bonds. The van der Waals surface area contributed by atoms with E-state index < -0.39 is 0 Å². The van der Waals surface area contributed by atoms with Crippen LogP contribution in [-0.2, 0) is 11.8 Å². The van der Waals surface area contributed by atoms with E-state index in [1.165, 1.54) is 11.8 Å². The maximum absolute atomic E-state index is 12.2. The summed E-state index contributed by atoms with van der Waals surface area (Å²) in [6, 6.07) is 5.62. The highest BCUT2D eigenvalue weighted by Gasteiger charge is 2.22. The lowest BCUT2D eigenvalue weighted by atomic mass is 10.1. The molecule has 2 aromatic rings. The second kappa shape index (κ2) is 5.89. The zero-order valence-electron chi connectivity index (χ0n) is 12.9. The predicted molar refractivity (Wildman–Crippen MR) is 88.9 cm³/mol. The van der Waals surface area contributed by atoms with Crippen LogP contribution in [0.25, 0.3) is 11.0 Å². The van der Waals surface area contributed by atoms with Gasteiger partial charge in [-0.15, -0.1) is 0 Å². The van der Waals surface area contributed by atoms with Gasteiger partial charge >= 0.3 is 0 Å². The Bertz CT molecular complexity index is 675. The Hall–Kier alpha value is -1.20. The minimum Gasteiger partial charge on any atom is -0.351 e. The summed E-state index contributed by atoms with van der Waals surface area (Å²) in [5.41, 5.74) is 1.62. The quantitative estimate of drug-likeness (QED) is 0.877. The zero-order valence-corrected chi connectivity index (χ0v) is 14.5. The minimum absolute atomic E-state index is 0.0117. The summed E-state index contributed by atoms with van der Waals surface area (Å²) >= 11 is 7.44. The van der Waals surface area contributed by atoms with Crippen LogP contribution in [0.15, 0.2) is 23.4 Å². The Morgan fingerprint density at radius 1 is 1.43 bits per heavy atom. The van der Waals surface area contributed by atoms with Crippen molar-refractivity contribution in [3.05, 3.63) is 23.2 Å². The standard InChI is InChI=1S/C15H20ClN3OS/c1-9(13(20)18-15(2,3)4)21-14-17-11-8-10(16)6-7-12(11)19(14)5/h6-9H,1-5H3,(H,18,20)/t9-/m0/s1. The molecule has 2 rings (SSSR count). The molecule has 1 aromatic heterocycles. The Balaban J connectivity index is 2.19. The first-order valence-electron chi connectivity index (χ1n) is 6.78. The topological polar surface area (TPSA) is 46.9 Å². The lowest BCUT2D eigenvalue weighted by Crippen LogP contribution is -2.44. The van der Waals surface area contributed by atoms with Gasteiger partial charge in [0, 0.05) is 17.6 Å². The normalized spacial score (nSPS) is 13.4. The average Bonchev–Trinajstić information content (AvgIpc) is 2.63. The van der Waals surface area contributed by atoms with E-state index in [4.69, 9.17) is 11.6 Å². The van der Waals surface area contributed by atoms with E-state index in [0.29, 0.717) is 5.02 Å². The molecule has 0 spiro atoms. The smallest absolute Gasteiger partial charge is 0.233 e. The Kier molecular flexibility index (Phi) is 4.54. The molecule has 0 aliphatic rings. The van der Waals surface area contributed by atoms with Crippen molar-refractivity contribution in [3.8, 4) is 0 Å². The van der Waals surface area contributed by atoms with Crippen LogP contribution in [-0.4, -0.2) is 26.2 Å². The monoisotopic (exact) mass is 325 g/mol. The van der Waals surface area contributed by atoms with Gasteiger partial charge in [-0.3, -0.25) is 4.79 Å². The van der Waals surface area contributed by atoms with Gasteiger partial charge < -0.3 is 9.88 Å². The van der Waals surface area contributed by atoms with Gasteiger partial charge in [0.25, 0.3) is 0 Å². The van der Waals surface area contributed by atoms with Crippen molar-refractivity contribution in [1.29, 1.82) is 0 Å². The number of amides is 1. The lowest BCUT2D eigenvalue weighted by molar-refractivity contribution is -0.121. The van der Waals surface area contributed by atoms with E-state index in [9.17, 15) is 4.79 Å². The maximum Gasteiger partial charge on any atom is 0.233 e. The predicted octanol–water partition coefficient (Wildman–Crippen LogP) is 3.62. The molecule has 0 bridgehead atoms. The highest BCUT2D eigenvalue weighted by atomic mass is 35.5. The molecule has 0 radical (unpaired) electrons. The molecule has 0 saturated carbocycles. The molecule has 1 N–H and O–H groups in total. The summed E-state index contributed by atoms with van der Waals surface area (Å²) in [4.78, 5) is 16.7. The maximum atomic E-state index is 12.2. The van der Waals surface area contributed by atoms with Crippen molar-refractivity contribution >= 4 is 40.3 Å². The number of halogens is 1. The second-order valence-corrected chi connectivity index (χ2v) is 7.83. The van der Waals surface area contributed by atoms with E-state index >= 15 is 0 Å². The van der Waals surface area contributed by atoms with Crippen LogP contribution in [0.5, 0.6) is 0 Å². The number of hydrogen-bond donors (Lipinski definition) is 1. The lowest BCUT2D eigenvalue weighted by Gasteiger charge is -2.22. The molecule has 0 aliphatic carbocycles. The summed E-state index contributed by atoms with van der Waals surface area (Å²) in [6.07, 6.45) is 0. The first kappa shape index (κ1) is 16.2. The summed E-state index contributed by atoms with van der Waals surface area (Å²) in [5.74, 6) is 0.0117. The Morgan fingerprint density at radius 3 is 2.71 bits per heavy atom. The summed E-state index contributed by atoms with van der Waals surface area (Å²) in [6.45, 7) is 7.80. The third kappa shape index (κ3) is 3.92. The number of nitrogens with zero attached hydrogens (tertiary/aromatic N) is 2. The fourth-order valence-electron chi connectivity index (χ4n) is 1.94. The third-order valence-electron chi connectivity index (χ3n) is 2.95. The van der Waals surface area contributed by atoms with Crippen LogP contribution in [0.2, 0.25) is 5.02 Å². The molecular formula is C15H20ClN3OS. The number of benzene rings is 1. The van der Waals surface area contributed by atoms with Crippen molar-refractivity contribution in [2.75, 3.05) is 0 Å². The molecule has 1 atom stereocenters. The number of thioether (sulfide) groups is 1. The van der Waals surface area contributed by atoms with Crippen LogP contribution < -0.4 is 5.32 Å². The van der Waals surface area contributed by atoms with Crippen LogP contribution in [0.4, 0.5) is 0 Å². The van der Waals surface area contributed by atoms with Gasteiger partial charge in [-0.2, -0.15) is 0 Å². The number of aromatic nitrogens is 2. The molecule has 21 heavy (non-hydrogen) atoms. The second-order valence-electron chi connectivity index (χ2n) is 6.09. The van der Waals surface area contributed by atoms with Gasteiger partial charge in [0.05, 0.1) is 16.3 Å². The molecule has 0 unspecified atom stereocenters. The van der Waals surface area contributed by atoms with Gasteiger partial charge in [-0.25, -0.2) is 4.98 Å². The number of rotatable bonds is 3. The molecule has 114 valence electrons. The van der Waals surface area contributed by atoms with E-state index in [-0.39, 0.29) is 16.7 Å². The van der Waals surface area contributed by atoms with E-state index in [2.05, 4.69) is 10.3 Å². The van der Waals surface area contributed by atoms with Crippen LogP contribution >= 0.6 is 23.4 Å². The Labute approximate surface area is 134 Å². The van der Waals surface area contributed by atoms with E-state index in [1.807, 2.05) is 57.5 Å². The summed E-state index contributed by atoms with van der Waals surface area (Å²) in [7, 11) is 1.94. The van der Waals surface area contributed by atoms with Gasteiger partial charge in [-0.05, 0) is 45.9 Å². The van der Waals surface area contributed by atoms with Crippen molar-refractivity contribution < 1.29 is 4.79 Å². The summed E-state index contributed by atoms with van der Waals surface area (Å²) in [5, 5.41) is 4.24.